The summed E-state index contributed by atoms with van der Waals surface area (Å²) in [5.41, 5.74) is 0.800. The molecule has 61 heavy (non-hydrogen) atoms. The molecule has 10 heteroatoms. The molecule has 0 saturated carbocycles. The summed E-state index contributed by atoms with van der Waals surface area (Å²) in [6.07, 6.45) is 34.4. The highest BCUT2D eigenvalue weighted by molar-refractivity contribution is 5.75. The Balaban J connectivity index is 1.82. The third kappa shape index (κ3) is 26.7. The van der Waals surface area contributed by atoms with Gasteiger partial charge in [0.05, 0.1) is 6.61 Å². The second kappa shape index (κ2) is 38.1. The molecule has 5 atom stereocenters. The van der Waals surface area contributed by atoms with Crippen molar-refractivity contribution in [1.82, 2.24) is 15.5 Å². The highest BCUT2D eigenvalue weighted by atomic mass is 16.6. The number of nitrogens with zero attached hydrogens (tertiary/aromatic N) is 1. The standard InChI is InChI=1S/C51H93N3O7/c1-3-5-7-9-11-13-15-17-19-21-23-25-27-29-31-36-40-52-50(58)54(41-37-32-30-28-26-24-22-20-18-16-14-12-10-8-6-4-2)49-46(48(57)47(56)45(42-55)61-49)53-51(59)60-43-44-38-34-33-35-39-44/h33-35,38-39,45-49,55-57H,3-32,36-37,40-43H2,1-2H3,(H,52,58)(H,53,59)/t45-,46+,47-,48-,49-/m1/s1. The number of hydrogen-bond acceptors (Lipinski definition) is 7. The number of carbonyl (C=O) groups excluding carboxylic acids is 2. The molecule has 0 radical (unpaired) electrons. The van der Waals surface area contributed by atoms with Gasteiger partial charge in [-0.3, -0.25) is 4.90 Å². The molecule has 10 nitrogen and oxygen atoms in total. The van der Waals surface area contributed by atoms with Crippen LogP contribution in [0.2, 0.25) is 0 Å². The van der Waals surface area contributed by atoms with Gasteiger partial charge in [0.25, 0.3) is 0 Å². The van der Waals surface area contributed by atoms with Crippen LogP contribution in [0.5, 0.6) is 0 Å². The number of urea groups is 1. The molecule has 0 unspecified atom stereocenters. The van der Waals surface area contributed by atoms with E-state index in [2.05, 4.69) is 24.5 Å². The maximum absolute atomic E-state index is 13.9. The number of carbonyl (C=O) groups is 2. The lowest BCUT2D eigenvalue weighted by Crippen LogP contribution is -2.69. The molecule has 1 fully saturated rings. The van der Waals surface area contributed by atoms with E-state index in [1.165, 1.54) is 165 Å². The average molecular weight is 860 g/mol. The number of amides is 3. The van der Waals surface area contributed by atoms with E-state index in [0.29, 0.717) is 13.1 Å². The van der Waals surface area contributed by atoms with E-state index in [9.17, 15) is 24.9 Å². The zero-order valence-electron chi connectivity index (χ0n) is 39.2. The lowest BCUT2D eigenvalue weighted by atomic mass is 9.95. The number of benzene rings is 1. The Morgan fingerprint density at radius 3 is 1.43 bits per heavy atom. The van der Waals surface area contributed by atoms with Crippen LogP contribution in [0.1, 0.15) is 225 Å². The summed E-state index contributed by atoms with van der Waals surface area (Å²) in [7, 11) is 0. The SMILES string of the molecule is CCCCCCCCCCCCCCCCCCNC(=O)N(CCCCCCCCCCCCCCCCCC)[C@@H]1O[C@H](CO)[C@@H](O)[C@H](O)[C@@H]1NC(=O)OCc1ccccc1. The third-order valence-corrected chi connectivity index (χ3v) is 12.5. The van der Waals surface area contributed by atoms with Gasteiger partial charge in [-0.15, -0.1) is 0 Å². The number of nitrogens with one attached hydrogen (secondary N) is 2. The molecule has 0 bridgehead atoms. The first-order chi connectivity index (χ1) is 29.9. The van der Waals surface area contributed by atoms with Crippen LogP contribution in [0, 0.1) is 0 Å². The zero-order chi connectivity index (χ0) is 44.0. The Morgan fingerprint density at radius 1 is 0.590 bits per heavy atom. The van der Waals surface area contributed by atoms with Crippen molar-refractivity contribution in [3.63, 3.8) is 0 Å². The highest BCUT2D eigenvalue weighted by Gasteiger charge is 2.48. The minimum absolute atomic E-state index is 0.0194. The smallest absolute Gasteiger partial charge is 0.407 e. The highest BCUT2D eigenvalue weighted by Crippen LogP contribution is 2.25. The van der Waals surface area contributed by atoms with Gasteiger partial charge in [-0.2, -0.15) is 0 Å². The average Bonchev–Trinajstić information content (AvgIpc) is 3.27. The monoisotopic (exact) mass is 860 g/mol. The quantitative estimate of drug-likeness (QED) is 0.0415. The van der Waals surface area contributed by atoms with Crippen LogP contribution in [-0.4, -0.2) is 82.6 Å². The van der Waals surface area contributed by atoms with E-state index in [1.54, 1.807) is 0 Å². The van der Waals surface area contributed by atoms with Gasteiger partial charge in [0.1, 0.15) is 31.0 Å². The van der Waals surface area contributed by atoms with Crippen molar-refractivity contribution in [2.45, 2.75) is 257 Å². The number of rotatable bonds is 39. The molecular formula is C51H93N3O7. The van der Waals surface area contributed by atoms with E-state index in [0.717, 1.165) is 50.5 Å². The molecule has 1 heterocycles. The Kier molecular flexibility index (Phi) is 34.2. The molecule has 0 aromatic heterocycles. The first-order valence-electron chi connectivity index (χ1n) is 25.6. The van der Waals surface area contributed by atoms with Crippen LogP contribution >= 0.6 is 0 Å². The minimum atomic E-state index is -1.50. The topological polar surface area (TPSA) is 141 Å². The molecule has 1 aliphatic rings. The third-order valence-electron chi connectivity index (χ3n) is 12.5. The van der Waals surface area contributed by atoms with Crippen molar-refractivity contribution < 1.29 is 34.4 Å². The number of ether oxygens (including phenoxy) is 2. The molecule has 1 aromatic rings. The van der Waals surface area contributed by atoms with E-state index >= 15 is 0 Å². The second-order valence-corrected chi connectivity index (χ2v) is 18.0. The van der Waals surface area contributed by atoms with E-state index < -0.39 is 43.3 Å². The summed E-state index contributed by atoms with van der Waals surface area (Å²) in [6.45, 7) is 4.85. The lowest BCUT2D eigenvalue weighted by Gasteiger charge is -2.46. The van der Waals surface area contributed by atoms with Crippen molar-refractivity contribution >= 4 is 12.1 Å². The van der Waals surface area contributed by atoms with Gasteiger partial charge in [-0.05, 0) is 18.4 Å². The number of unbranched alkanes of at least 4 members (excludes halogenated alkanes) is 30. The van der Waals surface area contributed by atoms with Gasteiger partial charge >= 0.3 is 12.1 Å². The maximum Gasteiger partial charge on any atom is 0.407 e. The summed E-state index contributed by atoms with van der Waals surface area (Å²) < 4.78 is 11.6. The fourth-order valence-corrected chi connectivity index (χ4v) is 8.57. The Morgan fingerprint density at radius 2 is 1.00 bits per heavy atom. The Hall–Kier alpha value is -2.40. The minimum Gasteiger partial charge on any atom is -0.445 e. The predicted octanol–water partition coefficient (Wildman–Crippen LogP) is 12.3. The van der Waals surface area contributed by atoms with E-state index in [1.807, 2.05) is 30.3 Å². The van der Waals surface area contributed by atoms with E-state index in [4.69, 9.17) is 9.47 Å². The summed E-state index contributed by atoms with van der Waals surface area (Å²) >= 11 is 0. The number of hydrogen-bond donors (Lipinski definition) is 5. The second-order valence-electron chi connectivity index (χ2n) is 18.0. The van der Waals surface area contributed by atoms with Gasteiger partial charge in [0.15, 0.2) is 6.23 Å². The van der Waals surface area contributed by atoms with Crippen LogP contribution in [0.3, 0.4) is 0 Å². The molecule has 0 aliphatic carbocycles. The Bertz CT molecular complexity index is 1160. The fourth-order valence-electron chi connectivity index (χ4n) is 8.57. The van der Waals surface area contributed by atoms with Crippen LogP contribution in [-0.2, 0) is 16.1 Å². The van der Waals surface area contributed by atoms with Crippen molar-refractivity contribution in [2.24, 2.45) is 0 Å². The van der Waals surface area contributed by atoms with Gasteiger partial charge in [0, 0.05) is 13.1 Å². The van der Waals surface area contributed by atoms with Crippen molar-refractivity contribution in [2.75, 3.05) is 19.7 Å². The molecule has 354 valence electrons. The fraction of sp³-hybridized carbons (Fsp3) is 0.843. The summed E-state index contributed by atoms with van der Waals surface area (Å²) in [5.74, 6) is 0. The van der Waals surface area contributed by atoms with Gasteiger partial charge in [0.2, 0.25) is 0 Å². The Labute approximate surface area is 373 Å². The molecule has 1 aromatic carbocycles. The summed E-state index contributed by atoms with van der Waals surface area (Å²) in [4.78, 5) is 28.5. The van der Waals surface area contributed by atoms with Gasteiger partial charge in [-0.25, -0.2) is 9.59 Å². The van der Waals surface area contributed by atoms with Crippen LogP contribution in [0.25, 0.3) is 0 Å². The summed E-state index contributed by atoms with van der Waals surface area (Å²) in [5, 5.41) is 37.9. The van der Waals surface area contributed by atoms with Gasteiger partial charge in [-0.1, -0.05) is 237 Å². The maximum atomic E-state index is 13.9. The molecule has 1 saturated heterocycles. The van der Waals surface area contributed by atoms with Crippen molar-refractivity contribution in [3.05, 3.63) is 35.9 Å². The number of alkyl carbamates (subject to hydrolysis) is 1. The lowest BCUT2D eigenvalue weighted by molar-refractivity contribution is -0.222. The number of aliphatic hydroxyl groups excluding tert-OH is 3. The molecular weight excluding hydrogens is 767 g/mol. The number of aliphatic hydroxyl groups is 3. The summed E-state index contributed by atoms with van der Waals surface area (Å²) in [6, 6.07) is 7.74. The molecule has 0 spiro atoms. The molecule has 2 rings (SSSR count). The zero-order valence-corrected chi connectivity index (χ0v) is 39.2. The molecule has 1 aliphatic heterocycles. The normalized spacial score (nSPS) is 18.9. The van der Waals surface area contributed by atoms with Gasteiger partial charge < -0.3 is 35.4 Å². The van der Waals surface area contributed by atoms with Crippen LogP contribution in [0.15, 0.2) is 30.3 Å². The first kappa shape index (κ1) is 54.7. The largest absolute Gasteiger partial charge is 0.445 e. The van der Waals surface area contributed by atoms with Crippen molar-refractivity contribution in [1.29, 1.82) is 0 Å². The molecule has 3 amide bonds. The van der Waals surface area contributed by atoms with E-state index in [-0.39, 0.29) is 12.6 Å². The predicted molar refractivity (Wildman–Crippen MR) is 251 cm³/mol. The first-order valence-corrected chi connectivity index (χ1v) is 25.6. The van der Waals surface area contributed by atoms with Crippen LogP contribution in [0.4, 0.5) is 9.59 Å². The molecule has 5 N–H and O–H groups in total. The van der Waals surface area contributed by atoms with Crippen LogP contribution < -0.4 is 10.6 Å². The van der Waals surface area contributed by atoms with Crippen molar-refractivity contribution in [3.8, 4) is 0 Å².